The first kappa shape index (κ1) is 4.49. The van der Waals surface area contributed by atoms with Crippen molar-refractivity contribution in [2.75, 3.05) is 19.0 Å². The molecule has 1 fully saturated rings. The summed E-state index contributed by atoms with van der Waals surface area (Å²) in [7, 11) is 0. The van der Waals surface area contributed by atoms with Crippen LogP contribution < -0.4 is 5.43 Å². The number of amidine groups is 1. The van der Waals surface area contributed by atoms with Gasteiger partial charge >= 0.3 is 0 Å². The smallest absolute Gasteiger partial charge is 0.184 e. The molecule has 1 saturated heterocycles. The molecule has 0 aromatic rings. The van der Waals surface area contributed by atoms with Gasteiger partial charge in [-0.3, -0.25) is 5.43 Å². The van der Waals surface area contributed by atoms with Gasteiger partial charge in [0.2, 0.25) is 0 Å². The fourth-order valence-corrected chi connectivity index (χ4v) is 1.83. The lowest BCUT2D eigenvalue weighted by molar-refractivity contribution is 0.462. The zero-order chi connectivity index (χ0) is 5.40. The van der Waals surface area contributed by atoms with Crippen molar-refractivity contribution in [3.63, 3.8) is 0 Å². The fraction of sp³-hybridized carbons (Fsp3) is 0.750. The molecule has 2 aliphatic heterocycles. The molecule has 0 aliphatic carbocycles. The first-order chi connectivity index (χ1) is 3.97. The van der Waals surface area contributed by atoms with Gasteiger partial charge in [0.05, 0.1) is 0 Å². The lowest BCUT2D eigenvalue weighted by Crippen LogP contribution is -2.23. The van der Waals surface area contributed by atoms with E-state index in [0.29, 0.717) is 0 Å². The summed E-state index contributed by atoms with van der Waals surface area (Å²) in [5.41, 5.74) is 2.92. The van der Waals surface area contributed by atoms with Gasteiger partial charge in [0.25, 0.3) is 0 Å². The largest absolute Gasteiger partial charge is 0.330 e. The van der Waals surface area contributed by atoms with Crippen LogP contribution in [0.4, 0.5) is 0 Å². The molecule has 3 nitrogen and oxygen atoms in total. The number of hydrogen-bond acceptors (Lipinski definition) is 4. The number of hydrazone groups is 1. The lowest BCUT2D eigenvalue weighted by atomic mass is 10.7. The number of rotatable bonds is 0. The van der Waals surface area contributed by atoms with E-state index < -0.39 is 0 Å². The van der Waals surface area contributed by atoms with Crippen LogP contribution in [-0.4, -0.2) is 29.0 Å². The molecule has 2 aliphatic rings. The first-order valence-corrected chi connectivity index (χ1v) is 3.64. The van der Waals surface area contributed by atoms with Crippen molar-refractivity contribution in [1.29, 1.82) is 0 Å². The number of fused-ring (bicyclic) bond motifs is 1. The van der Waals surface area contributed by atoms with Crippen molar-refractivity contribution < 1.29 is 0 Å². The van der Waals surface area contributed by atoms with Crippen LogP contribution >= 0.6 is 11.8 Å². The molecule has 0 saturated carbocycles. The molecule has 0 aromatic carbocycles. The predicted molar refractivity (Wildman–Crippen MR) is 34.6 cm³/mol. The van der Waals surface area contributed by atoms with E-state index in [1.807, 2.05) is 11.8 Å². The van der Waals surface area contributed by atoms with Gasteiger partial charge in [-0.2, -0.15) is 5.10 Å². The second kappa shape index (κ2) is 1.55. The highest BCUT2D eigenvalue weighted by Gasteiger charge is 2.22. The Balaban J connectivity index is 2.20. The SMILES string of the molecule is C1CN2CNN=C2S1. The maximum absolute atomic E-state index is 4.05. The van der Waals surface area contributed by atoms with Crippen LogP contribution in [0, 0.1) is 0 Å². The molecule has 2 heterocycles. The summed E-state index contributed by atoms with van der Waals surface area (Å²) in [4.78, 5) is 2.24. The summed E-state index contributed by atoms with van der Waals surface area (Å²) in [6, 6.07) is 0. The van der Waals surface area contributed by atoms with Gasteiger partial charge in [0, 0.05) is 12.3 Å². The lowest BCUT2D eigenvalue weighted by Gasteiger charge is -2.05. The Kier molecular flexibility index (Phi) is 0.870. The van der Waals surface area contributed by atoms with Crippen molar-refractivity contribution in [3.8, 4) is 0 Å². The molecule has 0 amide bonds. The minimum atomic E-state index is 0.919. The van der Waals surface area contributed by atoms with Gasteiger partial charge in [0.15, 0.2) is 5.17 Å². The molecule has 4 heteroatoms. The molecule has 0 bridgehead atoms. The molecule has 1 N–H and O–H groups in total. The van der Waals surface area contributed by atoms with E-state index in [9.17, 15) is 0 Å². The molecule has 0 radical (unpaired) electrons. The van der Waals surface area contributed by atoms with Crippen LogP contribution in [0.1, 0.15) is 0 Å². The molecule has 0 unspecified atom stereocenters. The quantitative estimate of drug-likeness (QED) is 0.493. The Labute approximate surface area is 52.1 Å². The maximum Gasteiger partial charge on any atom is 0.184 e. The van der Waals surface area contributed by atoms with Crippen molar-refractivity contribution in [2.24, 2.45) is 5.10 Å². The van der Waals surface area contributed by atoms with Gasteiger partial charge in [0.1, 0.15) is 6.67 Å². The van der Waals surface area contributed by atoms with Crippen LogP contribution in [0.3, 0.4) is 0 Å². The molecular formula is C4H7N3S. The van der Waals surface area contributed by atoms with E-state index in [0.717, 1.165) is 13.2 Å². The zero-order valence-electron chi connectivity index (χ0n) is 4.42. The average Bonchev–Trinajstić information content (AvgIpc) is 2.15. The fourth-order valence-electron chi connectivity index (χ4n) is 0.872. The van der Waals surface area contributed by atoms with Crippen LogP contribution in [0.5, 0.6) is 0 Å². The van der Waals surface area contributed by atoms with Crippen molar-refractivity contribution >= 4 is 16.9 Å². The Morgan fingerprint density at radius 1 is 1.75 bits per heavy atom. The molecule has 2 rings (SSSR count). The van der Waals surface area contributed by atoms with Crippen LogP contribution in [-0.2, 0) is 0 Å². The van der Waals surface area contributed by atoms with Crippen LogP contribution in [0.15, 0.2) is 5.10 Å². The molecule has 44 valence electrons. The summed E-state index contributed by atoms with van der Waals surface area (Å²) < 4.78 is 0. The molecule has 0 spiro atoms. The van der Waals surface area contributed by atoms with Gasteiger partial charge in [-0.15, -0.1) is 0 Å². The first-order valence-electron chi connectivity index (χ1n) is 2.65. The Bertz CT molecular complexity index is 133. The van der Waals surface area contributed by atoms with E-state index in [1.165, 1.54) is 10.9 Å². The van der Waals surface area contributed by atoms with Crippen molar-refractivity contribution in [2.45, 2.75) is 0 Å². The van der Waals surface area contributed by atoms with Gasteiger partial charge in [-0.1, -0.05) is 11.8 Å². The van der Waals surface area contributed by atoms with E-state index >= 15 is 0 Å². The maximum atomic E-state index is 4.05. The topological polar surface area (TPSA) is 27.6 Å². The molecule has 0 atom stereocenters. The van der Waals surface area contributed by atoms with E-state index in [2.05, 4.69) is 15.4 Å². The van der Waals surface area contributed by atoms with Gasteiger partial charge in [-0.25, -0.2) is 0 Å². The average molecular weight is 129 g/mol. The second-order valence-electron chi connectivity index (χ2n) is 1.82. The number of hydrogen-bond donors (Lipinski definition) is 1. The Hall–Kier alpha value is -0.380. The monoisotopic (exact) mass is 129 g/mol. The number of nitrogens with zero attached hydrogens (tertiary/aromatic N) is 2. The second-order valence-corrected chi connectivity index (χ2v) is 2.88. The van der Waals surface area contributed by atoms with E-state index in [4.69, 9.17) is 0 Å². The Morgan fingerprint density at radius 2 is 2.75 bits per heavy atom. The number of nitrogens with one attached hydrogen (secondary N) is 1. The predicted octanol–water partition coefficient (Wildman–Crippen LogP) is -0.133. The minimum absolute atomic E-state index is 0.919. The highest BCUT2D eigenvalue weighted by molar-refractivity contribution is 8.14. The Morgan fingerprint density at radius 3 is 3.62 bits per heavy atom. The molecule has 8 heavy (non-hydrogen) atoms. The van der Waals surface area contributed by atoms with E-state index in [-0.39, 0.29) is 0 Å². The van der Waals surface area contributed by atoms with Crippen molar-refractivity contribution in [1.82, 2.24) is 10.3 Å². The zero-order valence-corrected chi connectivity index (χ0v) is 5.24. The summed E-state index contributed by atoms with van der Waals surface area (Å²) in [5, 5.41) is 5.22. The van der Waals surface area contributed by atoms with Crippen molar-refractivity contribution in [3.05, 3.63) is 0 Å². The summed E-state index contributed by atoms with van der Waals surface area (Å²) in [6.45, 7) is 2.08. The third-order valence-corrected chi connectivity index (χ3v) is 2.29. The summed E-state index contributed by atoms with van der Waals surface area (Å²) in [5.74, 6) is 1.21. The summed E-state index contributed by atoms with van der Waals surface area (Å²) >= 11 is 1.83. The molecular weight excluding hydrogens is 122 g/mol. The van der Waals surface area contributed by atoms with E-state index in [1.54, 1.807) is 0 Å². The minimum Gasteiger partial charge on any atom is -0.330 e. The third-order valence-electron chi connectivity index (χ3n) is 1.30. The highest BCUT2D eigenvalue weighted by atomic mass is 32.2. The highest BCUT2D eigenvalue weighted by Crippen LogP contribution is 2.18. The third kappa shape index (κ3) is 0.492. The standard InChI is InChI=1S/C4H7N3S/c1-2-8-4-6-5-3-7(1)4/h5H,1-3H2. The van der Waals surface area contributed by atoms with Crippen LogP contribution in [0.25, 0.3) is 0 Å². The van der Waals surface area contributed by atoms with Crippen LogP contribution in [0.2, 0.25) is 0 Å². The van der Waals surface area contributed by atoms with Gasteiger partial charge in [-0.05, 0) is 0 Å². The molecule has 0 aromatic heterocycles. The normalized spacial score (nSPS) is 25.0. The van der Waals surface area contributed by atoms with Gasteiger partial charge < -0.3 is 4.90 Å². The summed E-state index contributed by atoms with van der Waals surface area (Å²) in [6.07, 6.45) is 0. The number of thioether (sulfide) groups is 1.